The number of nitrogens with one attached hydrogen (secondary N) is 1. The fourth-order valence-corrected chi connectivity index (χ4v) is 2.36. The van der Waals surface area contributed by atoms with E-state index in [1.54, 1.807) is 6.20 Å². The van der Waals surface area contributed by atoms with Gasteiger partial charge in [0.2, 0.25) is 11.8 Å². The zero-order valence-corrected chi connectivity index (χ0v) is 13.9. The van der Waals surface area contributed by atoms with Crippen LogP contribution in [0.5, 0.6) is 0 Å². The lowest BCUT2D eigenvalue weighted by Crippen LogP contribution is -2.37. The van der Waals surface area contributed by atoms with Gasteiger partial charge in [-0.3, -0.25) is 9.69 Å². The van der Waals surface area contributed by atoms with Crippen molar-refractivity contribution in [3.63, 3.8) is 0 Å². The van der Waals surface area contributed by atoms with Gasteiger partial charge in [0.25, 0.3) is 0 Å². The molecule has 0 spiro atoms. The van der Waals surface area contributed by atoms with E-state index in [2.05, 4.69) is 22.1 Å². The summed E-state index contributed by atoms with van der Waals surface area (Å²) in [7, 11) is 0. The first-order valence-corrected chi connectivity index (χ1v) is 8.22. The van der Waals surface area contributed by atoms with Gasteiger partial charge >= 0.3 is 0 Å². The third-order valence-electron chi connectivity index (χ3n) is 3.45. The van der Waals surface area contributed by atoms with Crippen LogP contribution in [0.15, 0.2) is 40.9 Å². The fraction of sp³-hybridized carbons (Fsp3) is 0.444. The summed E-state index contributed by atoms with van der Waals surface area (Å²) in [5.41, 5.74) is 1.01. The smallest absolute Gasteiger partial charge is 0.234 e. The second-order valence-corrected chi connectivity index (χ2v) is 5.54. The van der Waals surface area contributed by atoms with E-state index in [0.717, 1.165) is 37.3 Å². The summed E-state index contributed by atoms with van der Waals surface area (Å²) in [5, 5.41) is 2.91. The first kappa shape index (κ1) is 17.2. The summed E-state index contributed by atoms with van der Waals surface area (Å²) in [6.45, 7) is 6.61. The molecule has 0 aliphatic heterocycles. The van der Waals surface area contributed by atoms with Crippen LogP contribution in [0, 0.1) is 0 Å². The summed E-state index contributed by atoms with van der Waals surface area (Å²) < 4.78 is 5.82. The van der Waals surface area contributed by atoms with Crippen molar-refractivity contribution in [1.82, 2.24) is 15.2 Å². The van der Waals surface area contributed by atoms with Gasteiger partial charge in [0.05, 0.1) is 19.3 Å². The zero-order chi connectivity index (χ0) is 16.5. The molecule has 5 heteroatoms. The molecule has 5 nitrogen and oxygen atoms in total. The van der Waals surface area contributed by atoms with Gasteiger partial charge in [-0.1, -0.05) is 44.2 Å². The maximum Gasteiger partial charge on any atom is 0.234 e. The molecule has 0 radical (unpaired) electrons. The summed E-state index contributed by atoms with van der Waals surface area (Å²) in [6, 6.07) is 9.90. The Labute approximate surface area is 137 Å². The highest BCUT2D eigenvalue weighted by molar-refractivity contribution is 5.77. The largest absolute Gasteiger partial charge is 0.439 e. The van der Waals surface area contributed by atoms with Gasteiger partial charge in [-0.2, -0.15) is 0 Å². The van der Waals surface area contributed by atoms with Crippen molar-refractivity contribution in [3.05, 3.63) is 42.4 Å². The van der Waals surface area contributed by atoms with Crippen LogP contribution in [0.25, 0.3) is 11.3 Å². The molecule has 0 saturated heterocycles. The van der Waals surface area contributed by atoms with Gasteiger partial charge in [-0.05, 0) is 19.4 Å². The molecular formula is C18H25N3O2. The number of carbonyl (C=O) groups excluding carboxylic acids is 1. The Morgan fingerprint density at radius 3 is 2.70 bits per heavy atom. The number of amides is 1. The predicted molar refractivity (Wildman–Crippen MR) is 90.8 cm³/mol. The molecule has 0 aliphatic rings. The Kier molecular flexibility index (Phi) is 6.81. The number of rotatable bonds is 9. The van der Waals surface area contributed by atoms with Crippen LogP contribution in [0.2, 0.25) is 0 Å². The molecule has 23 heavy (non-hydrogen) atoms. The van der Waals surface area contributed by atoms with Crippen molar-refractivity contribution in [3.8, 4) is 11.3 Å². The number of hydrogen-bond donors (Lipinski definition) is 1. The molecule has 0 atom stereocenters. The number of carbonyl (C=O) groups is 1. The summed E-state index contributed by atoms with van der Waals surface area (Å²) >= 11 is 0. The van der Waals surface area contributed by atoms with Crippen molar-refractivity contribution >= 4 is 5.91 Å². The van der Waals surface area contributed by atoms with Gasteiger partial charge in [-0.25, -0.2) is 4.98 Å². The number of hydrogen-bond acceptors (Lipinski definition) is 4. The van der Waals surface area contributed by atoms with Crippen LogP contribution in [0.1, 0.15) is 32.6 Å². The normalized spacial score (nSPS) is 10.9. The Balaban J connectivity index is 1.97. The quantitative estimate of drug-likeness (QED) is 0.772. The van der Waals surface area contributed by atoms with Gasteiger partial charge in [-0.15, -0.1) is 0 Å². The summed E-state index contributed by atoms with van der Waals surface area (Å²) in [5.74, 6) is 1.45. The Morgan fingerprint density at radius 2 is 2.00 bits per heavy atom. The van der Waals surface area contributed by atoms with Crippen molar-refractivity contribution in [1.29, 1.82) is 0 Å². The van der Waals surface area contributed by atoms with E-state index in [9.17, 15) is 4.79 Å². The molecule has 0 unspecified atom stereocenters. The maximum absolute atomic E-state index is 11.9. The van der Waals surface area contributed by atoms with Crippen LogP contribution >= 0.6 is 0 Å². The number of aromatic nitrogens is 1. The predicted octanol–water partition coefficient (Wildman–Crippen LogP) is 3.08. The topological polar surface area (TPSA) is 58.4 Å². The molecule has 1 N–H and O–H groups in total. The highest BCUT2D eigenvalue weighted by Crippen LogP contribution is 2.20. The number of benzene rings is 1. The van der Waals surface area contributed by atoms with Crippen molar-refractivity contribution in [2.75, 3.05) is 19.6 Å². The molecule has 2 aromatic rings. The first-order chi connectivity index (χ1) is 11.2. The summed E-state index contributed by atoms with van der Waals surface area (Å²) in [4.78, 5) is 18.3. The molecule has 1 aromatic carbocycles. The zero-order valence-electron chi connectivity index (χ0n) is 13.9. The third-order valence-corrected chi connectivity index (χ3v) is 3.45. The number of nitrogens with zero attached hydrogens (tertiary/aromatic N) is 2. The van der Waals surface area contributed by atoms with Gasteiger partial charge in [0, 0.05) is 12.1 Å². The van der Waals surface area contributed by atoms with Crippen molar-refractivity contribution < 1.29 is 9.21 Å². The molecule has 1 amide bonds. The molecule has 124 valence electrons. The van der Waals surface area contributed by atoms with Gasteiger partial charge < -0.3 is 9.73 Å². The lowest BCUT2D eigenvalue weighted by molar-refractivity contribution is -0.122. The van der Waals surface area contributed by atoms with Crippen LogP contribution in [0.4, 0.5) is 0 Å². The highest BCUT2D eigenvalue weighted by atomic mass is 16.4. The Morgan fingerprint density at radius 1 is 1.22 bits per heavy atom. The van der Waals surface area contributed by atoms with E-state index in [4.69, 9.17) is 4.42 Å². The van der Waals surface area contributed by atoms with Gasteiger partial charge in [0.15, 0.2) is 5.76 Å². The first-order valence-electron chi connectivity index (χ1n) is 8.22. The van der Waals surface area contributed by atoms with Crippen molar-refractivity contribution in [2.45, 2.75) is 33.2 Å². The Hall–Kier alpha value is -2.14. The molecule has 1 aromatic heterocycles. The minimum absolute atomic E-state index is 0.0511. The average Bonchev–Trinajstić information content (AvgIpc) is 3.02. The molecule has 1 heterocycles. The third kappa shape index (κ3) is 5.53. The molecule has 0 bridgehead atoms. The lowest BCUT2D eigenvalue weighted by Gasteiger charge is -2.19. The second-order valence-electron chi connectivity index (χ2n) is 5.54. The van der Waals surface area contributed by atoms with Gasteiger partial charge in [0.1, 0.15) is 0 Å². The highest BCUT2D eigenvalue weighted by Gasteiger charge is 2.14. The average molecular weight is 315 g/mol. The molecule has 0 aliphatic carbocycles. The molecule has 0 fully saturated rings. The SMILES string of the molecule is CCCNC(=O)CN(CCC)Cc1ncc(-c2ccccc2)o1. The standard InChI is InChI=1S/C18H25N3O2/c1-3-10-19-17(22)13-21(11-4-2)14-18-20-12-16(23-18)15-8-6-5-7-9-15/h5-9,12H,3-4,10-11,13-14H2,1-2H3,(H,19,22). The molecular weight excluding hydrogens is 290 g/mol. The van der Waals surface area contributed by atoms with Crippen LogP contribution < -0.4 is 5.32 Å². The van der Waals surface area contributed by atoms with E-state index in [-0.39, 0.29) is 5.91 Å². The fourth-order valence-electron chi connectivity index (χ4n) is 2.36. The van der Waals surface area contributed by atoms with Crippen LogP contribution in [-0.4, -0.2) is 35.4 Å². The maximum atomic E-state index is 11.9. The van der Waals surface area contributed by atoms with E-state index in [0.29, 0.717) is 19.0 Å². The summed E-state index contributed by atoms with van der Waals surface area (Å²) in [6.07, 6.45) is 3.67. The lowest BCUT2D eigenvalue weighted by atomic mass is 10.2. The van der Waals surface area contributed by atoms with E-state index < -0.39 is 0 Å². The molecule has 0 saturated carbocycles. The second kappa shape index (κ2) is 9.10. The minimum atomic E-state index is 0.0511. The monoisotopic (exact) mass is 315 g/mol. The van der Waals surface area contributed by atoms with E-state index in [1.165, 1.54) is 0 Å². The molecule has 2 rings (SSSR count). The van der Waals surface area contributed by atoms with Crippen LogP contribution in [0.3, 0.4) is 0 Å². The number of oxazole rings is 1. The Bertz CT molecular complexity index is 595. The van der Waals surface area contributed by atoms with E-state index >= 15 is 0 Å². The minimum Gasteiger partial charge on any atom is -0.439 e. The van der Waals surface area contributed by atoms with Crippen LogP contribution in [-0.2, 0) is 11.3 Å². The van der Waals surface area contributed by atoms with E-state index in [1.807, 2.05) is 37.3 Å². The van der Waals surface area contributed by atoms with Crippen molar-refractivity contribution in [2.24, 2.45) is 0 Å².